The molecule has 0 bridgehead atoms. The summed E-state index contributed by atoms with van der Waals surface area (Å²) >= 11 is 0. The number of hydrogen-bond donors (Lipinski definition) is 2. The lowest BCUT2D eigenvalue weighted by atomic mass is 10.3. The third kappa shape index (κ3) is 3.76. The maximum Gasteiger partial charge on any atom is 0.326 e. The molecule has 7 nitrogen and oxygen atoms in total. The summed E-state index contributed by atoms with van der Waals surface area (Å²) in [5.74, 6) is -1.74. The van der Waals surface area contributed by atoms with Gasteiger partial charge in [0.05, 0.1) is 0 Å². The number of carbonyl (C=O) groups is 3. The van der Waals surface area contributed by atoms with Gasteiger partial charge in [0, 0.05) is 13.6 Å². The summed E-state index contributed by atoms with van der Waals surface area (Å²) < 4.78 is 0. The maximum atomic E-state index is 11.7. The van der Waals surface area contributed by atoms with Crippen molar-refractivity contribution in [1.29, 1.82) is 0 Å². The van der Waals surface area contributed by atoms with Crippen molar-refractivity contribution in [3.8, 4) is 0 Å². The van der Waals surface area contributed by atoms with E-state index in [4.69, 9.17) is 10.8 Å². The molecule has 0 radical (unpaired) electrons. The first-order valence-electron chi connectivity index (χ1n) is 4.84. The lowest BCUT2D eigenvalue weighted by Gasteiger charge is -2.28. The third-order valence-electron chi connectivity index (χ3n) is 2.24. The number of carboxylic acid groups (broad SMARTS) is 1. The van der Waals surface area contributed by atoms with Gasteiger partial charge in [-0.15, -0.1) is 0 Å². The van der Waals surface area contributed by atoms with Gasteiger partial charge in [0.15, 0.2) is 0 Å². The van der Waals surface area contributed by atoms with Crippen LogP contribution in [0.15, 0.2) is 0 Å². The van der Waals surface area contributed by atoms with E-state index in [9.17, 15) is 14.4 Å². The fourth-order valence-corrected chi connectivity index (χ4v) is 1.06. The number of likely N-dealkylation sites (N-methyl/N-ethyl adjacent to an activating group) is 2. The Labute approximate surface area is 93.8 Å². The van der Waals surface area contributed by atoms with Crippen molar-refractivity contribution < 1.29 is 19.5 Å². The number of nitrogens with zero attached hydrogens (tertiary/aromatic N) is 2. The van der Waals surface area contributed by atoms with E-state index in [1.807, 2.05) is 0 Å². The number of aliphatic carboxylic acids is 1. The predicted octanol–water partition coefficient (Wildman–Crippen LogP) is -0.681. The number of primary amides is 1. The first kappa shape index (κ1) is 14.2. The molecule has 0 saturated carbocycles. The standard InChI is InChI=1S/C9H17N3O4/c1-4-12(5-7(10)13)9(16)11(3)6(2)8(14)15/h6H,4-5H2,1-3H3,(H2,10,13)(H,14,15). The van der Waals surface area contributed by atoms with Crippen molar-refractivity contribution in [2.75, 3.05) is 20.1 Å². The molecule has 0 aromatic rings. The molecule has 7 heteroatoms. The number of urea groups is 1. The Morgan fingerprint density at radius 1 is 1.38 bits per heavy atom. The Morgan fingerprint density at radius 3 is 2.19 bits per heavy atom. The molecule has 0 aliphatic rings. The van der Waals surface area contributed by atoms with E-state index < -0.39 is 23.9 Å². The molecule has 16 heavy (non-hydrogen) atoms. The molecular weight excluding hydrogens is 214 g/mol. The van der Waals surface area contributed by atoms with Gasteiger partial charge in [-0.25, -0.2) is 9.59 Å². The summed E-state index contributed by atoms with van der Waals surface area (Å²) in [6, 6.07) is -1.48. The minimum atomic E-state index is -1.11. The minimum Gasteiger partial charge on any atom is -0.480 e. The van der Waals surface area contributed by atoms with Crippen LogP contribution in [-0.2, 0) is 9.59 Å². The Bertz CT molecular complexity index is 288. The van der Waals surface area contributed by atoms with Gasteiger partial charge in [-0.3, -0.25) is 4.79 Å². The van der Waals surface area contributed by atoms with Gasteiger partial charge >= 0.3 is 12.0 Å². The zero-order chi connectivity index (χ0) is 12.9. The highest BCUT2D eigenvalue weighted by molar-refractivity contribution is 5.85. The van der Waals surface area contributed by atoms with Crippen LogP contribution in [-0.4, -0.2) is 59.0 Å². The van der Waals surface area contributed by atoms with Crippen LogP contribution in [0.2, 0.25) is 0 Å². The fourth-order valence-electron chi connectivity index (χ4n) is 1.06. The zero-order valence-electron chi connectivity index (χ0n) is 9.64. The molecule has 92 valence electrons. The van der Waals surface area contributed by atoms with E-state index in [1.54, 1.807) is 6.92 Å². The van der Waals surface area contributed by atoms with E-state index >= 15 is 0 Å². The number of amides is 3. The first-order valence-corrected chi connectivity index (χ1v) is 4.84. The lowest BCUT2D eigenvalue weighted by Crippen LogP contribution is -2.49. The van der Waals surface area contributed by atoms with E-state index in [-0.39, 0.29) is 6.54 Å². The Morgan fingerprint density at radius 2 is 1.88 bits per heavy atom. The highest BCUT2D eigenvalue weighted by Gasteiger charge is 2.25. The van der Waals surface area contributed by atoms with Crippen LogP contribution in [0.4, 0.5) is 4.79 Å². The average Bonchev–Trinajstić information content (AvgIpc) is 2.22. The molecule has 0 heterocycles. The van der Waals surface area contributed by atoms with Gasteiger partial charge in [0.2, 0.25) is 5.91 Å². The second-order valence-electron chi connectivity index (χ2n) is 3.39. The van der Waals surface area contributed by atoms with Crippen LogP contribution in [0.1, 0.15) is 13.8 Å². The molecule has 1 atom stereocenters. The van der Waals surface area contributed by atoms with Crippen molar-refractivity contribution in [1.82, 2.24) is 9.80 Å². The largest absolute Gasteiger partial charge is 0.480 e. The van der Waals surface area contributed by atoms with Crippen molar-refractivity contribution in [3.63, 3.8) is 0 Å². The molecule has 0 aliphatic heterocycles. The molecule has 0 fully saturated rings. The average molecular weight is 231 g/mol. The summed E-state index contributed by atoms with van der Waals surface area (Å²) in [6.45, 7) is 3.14. The molecule has 0 spiro atoms. The van der Waals surface area contributed by atoms with Crippen molar-refractivity contribution >= 4 is 17.9 Å². The number of carbonyl (C=O) groups excluding carboxylic acids is 2. The molecule has 0 saturated heterocycles. The van der Waals surface area contributed by atoms with Crippen LogP contribution < -0.4 is 5.73 Å². The molecular formula is C9H17N3O4. The smallest absolute Gasteiger partial charge is 0.326 e. The summed E-state index contributed by atoms with van der Waals surface area (Å²) in [6.07, 6.45) is 0. The second kappa shape index (κ2) is 5.94. The molecule has 3 amide bonds. The van der Waals surface area contributed by atoms with Crippen molar-refractivity contribution in [3.05, 3.63) is 0 Å². The molecule has 0 rings (SSSR count). The number of hydrogen-bond acceptors (Lipinski definition) is 3. The first-order chi connectivity index (χ1) is 7.31. The van der Waals surface area contributed by atoms with Crippen LogP contribution in [0.5, 0.6) is 0 Å². The lowest BCUT2D eigenvalue weighted by molar-refractivity contribution is -0.141. The van der Waals surface area contributed by atoms with Gasteiger partial charge in [-0.2, -0.15) is 0 Å². The highest BCUT2D eigenvalue weighted by Crippen LogP contribution is 2.02. The maximum absolute atomic E-state index is 11.7. The van der Waals surface area contributed by atoms with Crippen molar-refractivity contribution in [2.45, 2.75) is 19.9 Å². The van der Waals surface area contributed by atoms with Crippen LogP contribution in [0, 0.1) is 0 Å². The Hall–Kier alpha value is -1.79. The topological polar surface area (TPSA) is 104 Å². The molecule has 0 aliphatic carbocycles. The van der Waals surface area contributed by atoms with Gasteiger partial charge < -0.3 is 20.6 Å². The minimum absolute atomic E-state index is 0.216. The van der Waals surface area contributed by atoms with E-state index in [0.29, 0.717) is 6.54 Å². The number of carboxylic acids is 1. The summed E-state index contributed by atoms with van der Waals surface area (Å²) in [7, 11) is 1.37. The zero-order valence-corrected chi connectivity index (χ0v) is 9.64. The summed E-state index contributed by atoms with van der Waals surface area (Å²) in [5, 5.41) is 8.73. The van der Waals surface area contributed by atoms with E-state index in [2.05, 4.69) is 0 Å². The highest BCUT2D eigenvalue weighted by atomic mass is 16.4. The summed E-state index contributed by atoms with van der Waals surface area (Å²) in [5.41, 5.74) is 4.98. The van der Waals surface area contributed by atoms with Gasteiger partial charge in [0.25, 0.3) is 0 Å². The predicted molar refractivity (Wildman–Crippen MR) is 56.7 cm³/mol. The summed E-state index contributed by atoms with van der Waals surface area (Å²) in [4.78, 5) is 35.3. The Kier molecular flexibility index (Phi) is 5.27. The monoisotopic (exact) mass is 231 g/mol. The van der Waals surface area contributed by atoms with E-state index in [0.717, 1.165) is 4.90 Å². The normalized spacial score (nSPS) is 11.7. The van der Waals surface area contributed by atoms with Gasteiger partial charge in [-0.1, -0.05) is 0 Å². The van der Waals surface area contributed by atoms with Gasteiger partial charge in [0.1, 0.15) is 12.6 Å². The Balaban J connectivity index is 4.61. The van der Waals surface area contributed by atoms with Gasteiger partial charge in [-0.05, 0) is 13.8 Å². The molecule has 3 N–H and O–H groups in total. The fraction of sp³-hybridized carbons (Fsp3) is 0.667. The van der Waals surface area contributed by atoms with E-state index in [1.165, 1.54) is 18.9 Å². The molecule has 0 aromatic heterocycles. The quantitative estimate of drug-likeness (QED) is 0.654. The number of rotatable bonds is 5. The van der Waals surface area contributed by atoms with Crippen LogP contribution in [0.25, 0.3) is 0 Å². The second-order valence-corrected chi connectivity index (χ2v) is 3.39. The third-order valence-corrected chi connectivity index (χ3v) is 2.24. The molecule has 0 aromatic carbocycles. The van der Waals surface area contributed by atoms with Crippen molar-refractivity contribution in [2.24, 2.45) is 5.73 Å². The van der Waals surface area contributed by atoms with Crippen LogP contribution in [0.3, 0.4) is 0 Å². The molecule has 1 unspecified atom stereocenters. The SMILES string of the molecule is CCN(CC(N)=O)C(=O)N(C)C(C)C(=O)O. The number of nitrogens with two attached hydrogens (primary N) is 1. The van der Waals surface area contributed by atoms with Crippen LogP contribution >= 0.6 is 0 Å².